The summed E-state index contributed by atoms with van der Waals surface area (Å²) in [7, 11) is 0. The van der Waals surface area contributed by atoms with Gasteiger partial charge in [-0.3, -0.25) is 9.69 Å². The van der Waals surface area contributed by atoms with Crippen molar-refractivity contribution < 1.29 is 9.53 Å². The molecule has 0 atom stereocenters. The minimum Gasteiger partial charge on any atom is -0.379 e. The van der Waals surface area contributed by atoms with E-state index in [4.69, 9.17) is 9.72 Å². The first-order chi connectivity index (χ1) is 12.3. The maximum Gasteiger partial charge on any atom is 0.214 e. The van der Waals surface area contributed by atoms with E-state index in [1.54, 1.807) is 0 Å². The monoisotopic (exact) mass is 331 g/mol. The summed E-state index contributed by atoms with van der Waals surface area (Å²) in [5.74, 6) is -0.0291. The predicted octanol–water partition coefficient (Wildman–Crippen LogP) is 2.67. The maximum absolute atomic E-state index is 12.6. The highest BCUT2D eigenvalue weighted by molar-refractivity contribution is 6.20. The van der Waals surface area contributed by atoms with Crippen LogP contribution in [0.3, 0.4) is 0 Å². The van der Waals surface area contributed by atoms with Crippen LogP contribution in [0, 0.1) is 0 Å². The molecule has 1 aromatic heterocycles. The van der Waals surface area contributed by atoms with Gasteiger partial charge in [0.25, 0.3) is 0 Å². The average Bonchev–Trinajstić information content (AvgIpc) is 2.94. The van der Waals surface area contributed by atoms with Crippen molar-refractivity contribution in [3.8, 4) is 11.3 Å². The van der Waals surface area contributed by atoms with Crippen LogP contribution < -0.4 is 0 Å². The van der Waals surface area contributed by atoms with E-state index < -0.39 is 0 Å². The van der Waals surface area contributed by atoms with Gasteiger partial charge in [0.15, 0.2) is 0 Å². The summed E-state index contributed by atoms with van der Waals surface area (Å²) in [4.78, 5) is 24.5. The fourth-order valence-electron chi connectivity index (χ4n) is 3.62. The summed E-state index contributed by atoms with van der Waals surface area (Å²) >= 11 is 0. The van der Waals surface area contributed by atoms with E-state index in [-0.39, 0.29) is 5.78 Å². The number of fused-ring (bicyclic) bond motifs is 4. The van der Waals surface area contributed by atoms with Crippen molar-refractivity contribution >= 4 is 16.8 Å². The van der Waals surface area contributed by atoms with Crippen molar-refractivity contribution in [2.75, 3.05) is 26.3 Å². The molecule has 0 saturated carbocycles. The summed E-state index contributed by atoms with van der Waals surface area (Å²) in [6, 6.07) is 13.6. The quantitative estimate of drug-likeness (QED) is 0.565. The Morgan fingerprint density at radius 3 is 2.56 bits per heavy atom. The minimum absolute atomic E-state index is 0.0291. The lowest BCUT2D eigenvalue weighted by molar-refractivity contribution is 0.0343. The fourth-order valence-corrected chi connectivity index (χ4v) is 3.62. The summed E-state index contributed by atoms with van der Waals surface area (Å²) in [5, 5.41) is 0. The standard InChI is InChI=1S/C20H17N3O2/c24-20-15-6-2-1-5-14(15)18-19(20)21-16-7-3-4-13(17(16)22-18)12-23-8-10-25-11-9-23/h1-7H,8-12H2. The van der Waals surface area contributed by atoms with Crippen molar-refractivity contribution in [3.05, 3.63) is 59.3 Å². The Hall–Kier alpha value is -2.63. The number of ether oxygens (including phenoxy) is 1. The van der Waals surface area contributed by atoms with Crippen molar-refractivity contribution in [2.45, 2.75) is 6.54 Å². The van der Waals surface area contributed by atoms with Gasteiger partial charge < -0.3 is 4.74 Å². The molecule has 2 heterocycles. The number of para-hydroxylation sites is 1. The molecule has 0 N–H and O–H groups in total. The first-order valence-electron chi connectivity index (χ1n) is 8.55. The Morgan fingerprint density at radius 2 is 1.72 bits per heavy atom. The molecule has 124 valence electrons. The van der Waals surface area contributed by atoms with Gasteiger partial charge in [0.1, 0.15) is 11.4 Å². The zero-order chi connectivity index (χ0) is 16.8. The lowest BCUT2D eigenvalue weighted by Gasteiger charge is -2.26. The van der Waals surface area contributed by atoms with Crippen LogP contribution >= 0.6 is 0 Å². The minimum atomic E-state index is -0.0291. The largest absolute Gasteiger partial charge is 0.379 e. The number of aromatic nitrogens is 2. The summed E-state index contributed by atoms with van der Waals surface area (Å²) < 4.78 is 5.43. The number of morpholine rings is 1. The van der Waals surface area contributed by atoms with Crippen LogP contribution in [0.5, 0.6) is 0 Å². The van der Waals surface area contributed by atoms with E-state index in [0.717, 1.165) is 55.0 Å². The lowest BCUT2D eigenvalue weighted by Crippen LogP contribution is -2.35. The third-order valence-corrected chi connectivity index (χ3v) is 4.92. The van der Waals surface area contributed by atoms with Crippen LogP contribution in [0.4, 0.5) is 0 Å². The number of nitrogens with zero attached hydrogens (tertiary/aromatic N) is 3. The molecular formula is C20H17N3O2. The predicted molar refractivity (Wildman–Crippen MR) is 94.5 cm³/mol. The Kier molecular flexibility index (Phi) is 3.36. The second-order valence-electron chi connectivity index (χ2n) is 6.47. The zero-order valence-electron chi connectivity index (χ0n) is 13.7. The third-order valence-electron chi connectivity index (χ3n) is 4.92. The molecule has 0 spiro atoms. The van der Waals surface area contributed by atoms with Gasteiger partial charge >= 0.3 is 0 Å². The molecule has 2 aromatic carbocycles. The molecule has 0 radical (unpaired) electrons. The van der Waals surface area contributed by atoms with Gasteiger partial charge in [0, 0.05) is 30.8 Å². The molecule has 5 nitrogen and oxygen atoms in total. The molecule has 5 rings (SSSR count). The van der Waals surface area contributed by atoms with Gasteiger partial charge in [-0.25, -0.2) is 9.97 Å². The second kappa shape index (κ2) is 5.72. The number of carbonyl (C=O) groups is 1. The Bertz CT molecular complexity index is 993. The summed E-state index contributed by atoms with van der Waals surface area (Å²) in [5.41, 5.74) is 5.58. The molecule has 3 aromatic rings. The van der Waals surface area contributed by atoms with E-state index in [0.29, 0.717) is 17.0 Å². The van der Waals surface area contributed by atoms with Crippen LogP contribution in [-0.4, -0.2) is 47.0 Å². The van der Waals surface area contributed by atoms with E-state index in [2.05, 4.69) is 16.0 Å². The zero-order valence-corrected chi connectivity index (χ0v) is 13.7. The molecule has 0 bridgehead atoms. The fraction of sp³-hybridized carbons (Fsp3) is 0.250. The van der Waals surface area contributed by atoms with E-state index in [1.807, 2.05) is 36.4 Å². The van der Waals surface area contributed by atoms with Crippen LogP contribution in [0.15, 0.2) is 42.5 Å². The molecule has 1 saturated heterocycles. The first-order valence-corrected chi connectivity index (χ1v) is 8.55. The Labute approximate surface area is 145 Å². The van der Waals surface area contributed by atoms with Crippen LogP contribution in [-0.2, 0) is 11.3 Å². The molecule has 1 aliphatic heterocycles. The second-order valence-corrected chi connectivity index (χ2v) is 6.47. The van der Waals surface area contributed by atoms with Crippen molar-refractivity contribution in [1.82, 2.24) is 14.9 Å². The van der Waals surface area contributed by atoms with Crippen LogP contribution in [0.1, 0.15) is 21.6 Å². The SMILES string of the molecule is O=C1c2ccccc2-c2nc3c(CN4CCOCC4)cccc3nc21. The number of ketones is 1. The summed E-state index contributed by atoms with van der Waals surface area (Å²) in [6.07, 6.45) is 0. The van der Waals surface area contributed by atoms with Gasteiger partial charge in [-0.2, -0.15) is 0 Å². The van der Waals surface area contributed by atoms with Crippen LogP contribution in [0.25, 0.3) is 22.3 Å². The van der Waals surface area contributed by atoms with Gasteiger partial charge in [-0.15, -0.1) is 0 Å². The van der Waals surface area contributed by atoms with E-state index >= 15 is 0 Å². The molecule has 0 unspecified atom stereocenters. The molecule has 0 amide bonds. The molecular weight excluding hydrogens is 314 g/mol. The number of hydrogen-bond acceptors (Lipinski definition) is 5. The molecule has 2 aliphatic rings. The molecule has 25 heavy (non-hydrogen) atoms. The van der Waals surface area contributed by atoms with Crippen LogP contribution in [0.2, 0.25) is 0 Å². The van der Waals surface area contributed by atoms with Crippen molar-refractivity contribution in [2.24, 2.45) is 0 Å². The maximum atomic E-state index is 12.6. The first kappa shape index (κ1) is 14.7. The Balaban J connectivity index is 1.64. The van der Waals surface area contributed by atoms with Crippen molar-refractivity contribution in [1.29, 1.82) is 0 Å². The Morgan fingerprint density at radius 1 is 0.920 bits per heavy atom. The van der Waals surface area contributed by atoms with Gasteiger partial charge in [-0.1, -0.05) is 36.4 Å². The number of rotatable bonds is 2. The topological polar surface area (TPSA) is 55.3 Å². The highest BCUT2D eigenvalue weighted by atomic mass is 16.5. The summed E-state index contributed by atoms with van der Waals surface area (Å²) in [6.45, 7) is 4.22. The highest BCUT2D eigenvalue weighted by Crippen LogP contribution is 2.35. The number of carbonyl (C=O) groups excluding carboxylic acids is 1. The molecule has 1 fully saturated rings. The smallest absolute Gasteiger partial charge is 0.214 e. The molecule has 5 heteroatoms. The van der Waals surface area contributed by atoms with E-state index in [9.17, 15) is 4.79 Å². The van der Waals surface area contributed by atoms with Gasteiger partial charge in [0.2, 0.25) is 5.78 Å². The number of hydrogen-bond donors (Lipinski definition) is 0. The third kappa shape index (κ3) is 2.35. The van der Waals surface area contributed by atoms with Crippen molar-refractivity contribution in [3.63, 3.8) is 0 Å². The lowest BCUT2D eigenvalue weighted by atomic mass is 10.1. The van der Waals surface area contributed by atoms with Gasteiger partial charge in [0.05, 0.1) is 24.2 Å². The highest BCUT2D eigenvalue weighted by Gasteiger charge is 2.30. The average molecular weight is 331 g/mol. The molecule has 1 aliphatic carbocycles. The van der Waals surface area contributed by atoms with Gasteiger partial charge in [-0.05, 0) is 11.6 Å². The normalized spacial score (nSPS) is 16.9. The van der Waals surface area contributed by atoms with E-state index in [1.165, 1.54) is 0 Å². The number of benzene rings is 2.